The number of nitrogens with zero attached hydrogens (tertiary/aromatic N) is 1. The molecule has 6 N–H and O–H groups in total. The van der Waals surface area contributed by atoms with Gasteiger partial charge in [0.2, 0.25) is 11.8 Å². The summed E-state index contributed by atoms with van der Waals surface area (Å²) in [6.07, 6.45) is -3.78. The molecule has 270 valence electrons. The van der Waals surface area contributed by atoms with Gasteiger partial charge in [-0.1, -0.05) is 38.1 Å². The molecule has 3 rings (SSSR count). The van der Waals surface area contributed by atoms with Crippen LogP contribution >= 0.6 is 0 Å². The number of methoxy groups -OCH3 is 2. The third kappa shape index (κ3) is 14.1. The first kappa shape index (κ1) is 40.3. The maximum Gasteiger partial charge on any atom is 0.490 e. The third-order valence-electron chi connectivity index (χ3n) is 6.63. The Hall–Kier alpha value is -5.87. The van der Waals surface area contributed by atoms with Crippen molar-refractivity contribution < 1.29 is 56.8 Å². The first-order chi connectivity index (χ1) is 23.5. The summed E-state index contributed by atoms with van der Waals surface area (Å²) in [6, 6.07) is 15.7. The van der Waals surface area contributed by atoms with E-state index in [2.05, 4.69) is 26.3 Å². The molecular weight excluding hydrogens is 667 g/mol. The quantitative estimate of drug-likeness (QED) is 0.121. The number of hydrogen-bond donors (Lipinski definition) is 6. The SMILES string of the molecule is COc1ccc([C@H](CC(=O)O)NC(=O)C(CC(=O)Nc2ccc(NC(=O)Nc3ccccc3)nc2)CC(C)C)cc1OC.O=C(O)C(F)(F)F. The van der Waals surface area contributed by atoms with Crippen molar-refractivity contribution in [2.75, 3.05) is 30.2 Å². The lowest BCUT2D eigenvalue weighted by atomic mass is 9.92. The van der Waals surface area contributed by atoms with Crippen LogP contribution in [0.4, 0.5) is 35.2 Å². The van der Waals surface area contributed by atoms with E-state index >= 15 is 0 Å². The van der Waals surface area contributed by atoms with Gasteiger partial charge in [0, 0.05) is 18.0 Å². The van der Waals surface area contributed by atoms with Crippen molar-refractivity contribution in [2.24, 2.45) is 11.8 Å². The Morgan fingerprint density at radius 2 is 1.46 bits per heavy atom. The molecule has 0 aliphatic heterocycles. The van der Waals surface area contributed by atoms with Crippen molar-refractivity contribution in [3.8, 4) is 11.5 Å². The van der Waals surface area contributed by atoms with E-state index < -0.39 is 47.9 Å². The summed E-state index contributed by atoms with van der Waals surface area (Å²) in [5.74, 6) is -4.18. The number of alkyl halides is 3. The van der Waals surface area contributed by atoms with Gasteiger partial charge >= 0.3 is 24.1 Å². The molecule has 0 aliphatic carbocycles. The van der Waals surface area contributed by atoms with E-state index in [1.54, 1.807) is 48.5 Å². The number of hydrogen-bond acceptors (Lipinski definition) is 8. The summed E-state index contributed by atoms with van der Waals surface area (Å²) in [5, 5.41) is 27.5. The normalized spacial score (nSPS) is 11.9. The minimum Gasteiger partial charge on any atom is -0.493 e. The number of carboxylic acid groups (broad SMARTS) is 2. The van der Waals surface area contributed by atoms with Crippen LogP contribution in [0.3, 0.4) is 0 Å². The zero-order chi connectivity index (χ0) is 37.4. The van der Waals surface area contributed by atoms with Crippen LogP contribution in [0.5, 0.6) is 11.5 Å². The maximum atomic E-state index is 13.4. The number of carbonyl (C=O) groups excluding carboxylic acids is 3. The van der Waals surface area contributed by atoms with Crippen molar-refractivity contribution in [3.63, 3.8) is 0 Å². The molecule has 17 heteroatoms. The van der Waals surface area contributed by atoms with Gasteiger partial charge in [-0.05, 0) is 54.3 Å². The number of rotatable bonds is 14. The molecular formula is C33H38F3N5O9. The summed E-state index contributed by atoms with van der Waals surface area (Å²) in [5.41, 5.74) is 1.54. The van der Waals surface area contributed by atoms with E-state index in [1.165, 1.54) is 26.5 Å². The fraction of sp³-hybridized carbons (Fsp3) is 0.333. The molecule has 1 aromatic heterocycles. The van der Waals surface area contributed by atoms with Crippen molar-refractivity contribution in [3.05, 3.63) is 72.4 Å². The standard InChI is InChI=1S/C31H37N5O7.C2HF3O2/c1-19(2)14-21(30(40)35-24(17-29(38)39)20-10-12-25(42-3)26(15-20)43-4)16-28(37)33-23-11-13-27(32-18-23)36-31(41)34-22-8-6-5-7-9-22;3-2(4,5)1(6)7/h5-13,15,18-19,21,24H,14,16-17H2,1-4H3,(H,33,37)(H,35,40)(H,38,39)(H2,32,34,36,41);(H,6,7)/t21?,24-;/m0./s1. The molecule has 2 atom stereocenters. The molecule has 1 unspecified atom stereocenters. The molecule has 0 saturated heterocycles. The molecule has 50 heavy (non-hydrogen) atoms. The first-order valence-corrected chi connectivity index (χ1v) is 15.0. The number of aromatic nitrogens is 1. The van der Waals surface area contributed by atoms with Gasteiger partial charge in [0.15, 0.2) is 11.5 Å². The number of nitrogens with one attached hydrogen (secondary N) is 4. The van der Waals surface area contributed by atoms with Crippen LogP contribution in [0, 0.1) is 11.8 Å². The van der Waals surface area contributed by atoms with E-state index in [1.807, 2.05) is 19.9 Å². The van der Waals surface area contributed by atoms with Gasteiger partial charge in [-0.2, -0.15) is 13.2 Å². The summed E-state index contributed by atoms with van der Waals surface area (Å²) in [7, 11) is 2.95. The number of benzene rings is 2. The van der Waals surface area contributed by atoms with E-state index in [-0.39, 0.29) is 24.6 Å². The monoisotopic (exact) mass is 705 g/mol. The van der Waals surface area contributed by atoms with Crippen LogP contribution in [0.2, 0.25) is 0 Å². The zero-order valence-electron chi connectivity index (χ0n) is 27.5. The highest BCUT2D eigenvalue weighted by molar-refractivity contribution is 5.99. The summed E-state index contributed by atoms with van der Waals surface area (Å²) < 4.78 is 42.3. The number of ether oxygens (including phenoxy) is 2. The number of anilines is 3. The number of aliphatic carboxylic acids is 2. The number of urea groups is 1. The molecule has 14 nitrogen and oxygen atoms in total. The molecule has 3 aromatic rings. The lowest BCUT2D eigenvalue weighted by Crippen LogP contribution is -2.37. The van der Waals surface area contributed by atoms with Crippen LogP contribution in [-0.2, 0) is 19.2 Å². The molecule has 0 fully saturated rings. The van der Waals surface area contributed by atoms with Gasteiger partial charge in [0.25, 0.3) is 0 Å². The van der Waals surface area contributed by atoms with E-state index in [0.717, 1.165) is 0 Å². The minimum absolute atomic E-state index is 0.0941. The fourth-order valence-electron chi connectivity index (χ4n) is 4.42. The Kier molecular flexibility index (Phi) is 15.5. The van der Waals surface area contributed by atoms with Crippen LogP contribution < -0.4 is 30.7 Å². The predicted octanol–water partition coefficient (Wildman–Crippen LogP) is 5.70. The Morgan fingerprint density at radius 3 is 1.98 bits per heavy atom. The van der Waals surface area contributed by atoms with E-state index in [0.29, 0.717) is 34.9 Å². The van der Waals surface area contributed by atoms with Gasteiger partial charge in [0.1, 0.15) is 5.82 Å². The number of carboxylic acids is 2. The number of halogens is 3. The van der Waals surface area contributed by atoms with E-state index in [4.69, 9.17) is 19.4 Å². The van der Waals surface area contributed by atoms with Crippen LogP contribution in [0.15, 0.2) is 66.9 Å². The number of amides is 4. The number of para-hydroxylation sites is 1. The van der Waals surface area contributed by atoms with Crippen molar-refractivity contribution in [1.29, 1.82) is 0 Å². The Bertz CT molecular complexity index is 1600. The second-order valence-corrected chi connectivity index (χ2v) is 11.0. The Balaban J connectivity index is 0.00000112. The minimum atomic E-state index is -5.08. The van der Waals surface area contributed by atoms with Crippen LogP contribution in [-0.4, -0.2) is 65.4 Å². The molecule has 0 aliphatic rings. The molecule has 0 spiro atoms. The molecule has 0 radical (unpaired) electrons. The maximum absolute atomic E-state index is 13.4. The van der Waals surface area contributed by atoms with Gasteiger partial charge < -0.3 is 35.6 Å². The molecule has 0 saturated carbocycles. The van der Waals surface area contributed by atoms with Crippen LogP contribution in [0.25, 0.3) is 0 Å². The lowest BCUT2D eigenvalue weighted by Gasteiger charge is -2.24. The number of pyridine rings is 1. The zero-order valence-corrected chi connectivity index (χ0v) is 27.5. The smallest absolute Gasteiger partial charge is 0.490 e. The Labute approximate surface area is 285 Å². The average molecular weight is 706 g/mol. The highest BCUT2D eigenvalue weighted by Gasteiger charge is 2.38. The van der Waals surface area contributed by atoms with Gasteiger partial charge in [-0.25, -0.2) is 14.6 Å². The average Bonchev–Trinajstić information content (AvgIpc) is 3.04. The largest absolute Gasteiger partial charge is 0.493 e. The second-order valence-electron chi connectivity index (χ2n) is 11.0. The summed E-state index contributed by atoms with van der Waals surface area (Å²) in [6.45, 7) is 3.87. The lowest BCUT2D eigenvalue weighted by molar-refractivity contribution is -0.192. The first-order valence-electron chi connectivity index (χ1n) is 15.0. The van der Waals surface area contributed by atoms with Gasteiger partial charge in [-0.15, -0.1) is 0 Å². The molecule has 4 amide bonds. The van der Waals surface area contributed by atoms with Crippen LogP contribution in [0.1, 0.15) is 44.7 Å². The van der Waals surface area contributed by atoms with Crippen molar-refractivity contribution >= 4 is 47.0 Å². The summed E-state index contributed by atoms with van der Waals surface area (Å²) >= 11 is 0. The van der Waals surface area contributed by atoms with Crippen molar-refractivity contribution in [2.45, 2.75) is 45.3 Å². The predicted molar refractivity (Wildman–Crippen MR) is 176 cm³/mol. The topological polar surface area (TPSA) is 205 Å². The van der Waals surface area contributed by atoms with Gasteiger partial charge in [0.05, 0.1) is 38.6 Å². The molecule has 1 heterocycles. The number of carbonyl (C=O) groups is 5. The fourth-order valence-corrected chi connectivity index (χ4v) is 4.42. The van der Waals surface area contributed by atoms with E-state index in [9.17, 15) is 37.5 Å². The van der Waals surface area contributed by atoms with Crippen molar-refractivity contribution in [1.82, 2.24) is 10.3 Å². The molecule has 0 bridgehead atoms. The highest BCUT2D eigenvalue weighted by atomic mass is 19.4. The second kappa shape index (κ2) is 19.2. The Morgan fingerprint density at radius 1 is 0.820 bits per heavy atom. The summed E-state index contributed by atoms with van der Waals surface area (Å²) in [4.78, 5) is 63.2. The third-order valence-corrected chi connectivity index (χ3v) is 6.63. The van der Waals surface area contributed by atoms with Gasteiger partial charge in [-0.3, -0.25) is 19.7 Å². The highest BCUT2D eigenvalue weighted by Crippen LogP contribution is 2.31. The molecule has 2 aromatic carbocycles.